The summed E-state index contributed by atoms with van der Waals surface area (Å²) in [5, 5.41) is 0. The number of carbonyl (C=O) groups is 1. The molecule has 0 aliphatic rings. The third kappa shape index (κ3) is 45.1. The molecule has 0 saturated carbocycles. The summed E-state index contributed by atoms with van der Waals surface area (Å²) in [6, 6.07) is 0. The molecule has 0 aliphatic heterocycles. The fourth-order valence-electron chi connectivity index (χ4n) is 5.95. The molecule has 57 heavy (non-hydrogen) atoms. The molecule has 0 bridgehead atoms. The standard InChI is InChI=1S/C48H88NO7P/c1-6-8-10-12-14-16-18-20-22-24-26-28-30-32-34-36-38-40-43-53-45-47(46-55-57(51,52)54-44-42-49(3,4)5)56-48(50)41-39-37-35-33-31-29-27-25-23-21-19-17-15-13-11-9-7-2/h15,17,20-23,27,29,33,35,47H,6-14,16,18-19,24-26,28,30-32,34,36-46H2,1-5H3/p+1/b17-15-,22-20-,23-21-,29-27-,35-33-/t47-/m1/s1. The molecule has 332 valence electrons. The van der Waals surface area contributed by atoms with Crippen molar-refractivity contribution in [3.63, 3.8) is 0 Å². The van der Waals surface area contributed by atoms with Gasteiger partial charge in [-0.25, -0.2) is 4.57 Å². The first-order chi connectivity index (χ1) is 27.6. The molecule has 0 aromatic carbocycles. The average molecular weight is 823 g/mol. The summed E-state index contributed by atoms with van der Waals surface area (Å²) in [7, 11) is 1.63. The van der Waals surface area contributed by atoms with Gasteiger partial charge in [-0.3, -0.25) is 13.8 Å². The number of allylic oxidation sites excluding steroid dienone is 10. The van der Waals surface area contributed by atoms with Crippen LogP contribution in [0.2, 0.25) is 0 Å². The second kappa shape index (κ2) is 41.0. The summed E-state index contributed by atoms with van der Waals surface area (Å²) in [5.74, 6) is -0.369. The van der Waals surface area contributed by atoms with Crippen molar-refractivity contribution in [1.29, 1.82) is 0 Å². The quantitative estimate of drug-likeness (QED) is 0.0215. The SMILES string of the molecule is CCCCC/C=C\C/C=C\C/C=C\C/C=C\CCCC(=O)O[C@H](COCCCCCCCCCC/C=C\CCCCCCCC)COP(=O)(O)OCC[N+](C)(C)C. The molecule has 0 spiro atoms. The number of hydrogen-bond donors (Lipinski definition) is 1. The minimum Gasteiger partial charge on any atom is -0.457 e. The van der Waals surface area contributed by atoms with Crippen LogP contribution in [0.15, 0.2) is 60.8 Å². The van der Waals surface area contributed by atoms with Gasteiger partial charge in [0.05, 0.1) is 34.4 Å². The van der Waals surface area contributed by atoms with Crippen molar-refractivity contribution in [2.45, 2.75) is 187 Å². The largest absolute Gasteiger partial charge is 0.472 e. The maximum absolute atomic E-state index is 12.7. The van der Waals surface area contributed by atoms with Crippen LogP contribution < -0.4 is 0 Å². The first-order valence-corrected chi connectivity index (χ1v) is 24.5. The maximum atomic E-state index is 12.7. The third-order valence-electron chi connectivity index (χ3n) is 9.55. The average Bonchev–Trinajstić information content (AvgIpc) is 3.16. The fraction of sp³-hybridized carbons (Fsp3) is 0.771. The van der Waals surface area contributed by atoms with E-state index in [1.807, 2.05) is 21.1 Å². The lowest BCUT2D eigenvalue weighted by molar-refractivity contribution is -0.870. The number of rotatable bonds is 42. The van der Waals surface area contributed by atoms with Gasteiger partial charge in [0.25, 0.3) is 0 Å². The summed E-state index contributed by atoms with van der Waals surface area (Å²) < 4.78 is 35.0. The molecule has 0 rings (SSSR count). The molecule has 0 aromatic rings. The lowest BCUT2D eigenvalue weighted by atomic mass is 10.1. The van der Waals surface area contributed by atoms with Crippen molar-refractivity contribution >= 4 is 13.8 Å². The van der Waals surface area contributed by atoms with Crippen LogP contribution in [-0.4, -0.2) is 75.6 Å². The third-order valence-corrected chi connectivity index (χ3v) is 10.5. The van der Waals surface area contributed by atoms with E-state index in [0.717, 1.165) is 38.5 Å². The number of quaternary nitrogens is 1. The number of esters is 1. The molecule has 0 aromatic heterocycles. The van der Waals surface area contributed by atoms with Gasteiger partial charge < -0.3 is 18.9 Å². The van der Waals surface area contributed by atoms with Crippen molar-refractivity contribution in [2.75, 3.05) is 54.1 Å². The van der Waals surface area contributed by atoms with Crippen LogP contribution >= 0.6 is 7.82 Å². The highest BCUT2D eigenvalue weighted by Gasteiger charge is 2.26. The highest BCUT2D eigenvalue weighted by atomic mass is 31.2. The van der Waals surface area contributed by atoms with E-state index >= 15 is 0 Å². The Hall–Kier alpha value is -1.80. The van der Waals surface area contributed by atoms with Crippen LogP contribution in [-0.2, 0) is 27.9 Å². The second-order valence-electron chi connectivity index (χ2n) is 16.4. The van der Waals surface area contributed by atoms with Crippen LogP contribution in [0.5, 0.6) is 0 Å². The van der Waals surface area contributed by atoms with Crippen molar-refractivity contribution < 1.29 is 37.3 Å². The lowest BCUT2D eigenvalue weighted by Gasteiger charge is -2.24. The molecule has 0 aliphatic carbocycles. The second-order valence-corrected chi connectivity index (χ2v) is 17.9. The minimum atomic E-state index is -4.29. The Morgan fingerprint density at radius 1 is 0.544 bits per heavy atom. The molecule has 0 heterocycles. The number of hydrogen-bond acceptors (Lipinski definition) is 6. The summed E-state index contributed by atoms with van der Waals surface area (Å²) in [6.07, 6.45) is 51.2. The predicted molar refractivity (Wildman–Crippen MR) is 242 cm³/mol. The van der Waals surface area contributed by atoms with Crippen molar-refractivity contribution in [1.82, 2.24) is 0 Å². The number of ether oxygens (including phenoxy) is 2. The normalized spacial score (nSPS) is 14.3. The van der Waals surface area contributed by atoms with Gasteiger partial charge in [0.15, 0.2) is 0 Å². The fourth-order valence-corrected chi connectivity index (χ4v) is 6.69. The van der Waals surface area contributed by atoms with E-state index in [0.29, 0.717) is 24.1 Å². The molecular formula is C48H89NO7P+. The van der Waals surface area contributed by atoms with Crippen molar-refractivity contribution in [3.05, 3.63) is 60.8 Å². The zero-order chi connectivity index (χ0) is 42.0. The zero-order valence-electron chi connectivity index (χ0n) is 37.6. The van der Waals surface area contributed by atoms with Gasteiger partial charge in [-0.2, -0.15) is 0 Å². The topological polar surface area (TPSA) is 91.3 Å². The summed E-state index contributed by atoms with van der Waals surface area (Å²) >= 11 is 0. The van der Waals surface area contributed by atoms with E-state index in [9.17, 15) is 14.3 Å². The molecule has 9 heteroatoms. The molecule has 0 amide bonds. The van der Waals surface area contributed by atoms with E-state index in [1.54, 1.807) is 0 Å². The van der Waals surface area contributed by atoms with E-state index in [-0.39, 0.29) is 32.2 Å². The molecular weight excluding hydrogens is 734 g/mol. The number of nitrogens with zero attached hydrogens (tertiary/aromatic N) is 1. The van der Waals surface area contributed by atoms with E-state index in [4.69, 9.17) is 18.5 Å². The highest BCUT2D eigenvalue weighted by Crippen LogP contribution is 2.43. The molecule has 0 saturated heterocycles. The van der Waals surface area contributed by atoms with Gasteiger partial charge in [-0.05, 0) is 77.0 Å². The van der Waals surface area contributed by atoms with Crippen LogP contribution in [0.25, 0.3) is 0 Å². The molecule has 0 fully saturated rings. The van der Waals surface area contributed by atoms with Crippen LogP contribution in [0.4, 0.5) is 0 Å². The summed E-state index contributed by atoms with van der Waals surface area (Å²) in [4.78, 5) is 22.9. The van der Waals surface area contributed by atoms with E-state index in [2.05, 4.69) is 74.6 Å². The van der Waals surface area contributed by atoms with Crippen LogP contribution in [0.1, 0.15) is 181 Å². The number of likely N-dealkylation sites (N-methyl/N-ethyl adjacent to an activating group) is 1. The Balaban J connectivity index is 4.31. The van der Waals surface area contributed by atoms with Gasteiger partial charge in [-0.1, -0.05) is 158 Å². The Morgan fingerprint density at radius 3 is 1.49 bits per heavy atom. The number of carbonyl (C=O) groups excluding carboxylic acids is 1. The maximum Gasteiger partial charge on any atom is 0.472 e. The Kier molecular flexibility index (Phi) is 39.7. The molecule has 1 unspecified atom stereocenters. The van der Waals surface area contributed by atoms with Crippen molar-refractivity contribution in [2.24, 2.45) is 0 Å². The first-order valence-electron chi connectivity index (χ1n) is 23.0. The number of unbranched alkanes of at least 4 members (excludes halogenated alkanes) is 18. The van der Waals surface area contributed by atoms with Gasteiger partial charge in [0, 0.05) is 13.0 Å². The predicted octanol–water partition coefficient (Wildman–Crippen LogP) is 13.7. The van der Waals surface area contributed by atoms with Gasteiger partial charge in [-0.15, -0.1) is 0 Å². The Labute approximate surface area is 351 Å². The van der Waals surface area contributed by atoms with Crippen LogP contribution in [0, 0.1) is 0 Å². The highest BCUT2D eigenvalue weighted by molar-refractivity contribution is 7.47. The Bertz CT molecular complexity index is 1090. The van der Waals surface area contributed by atoms with Gasteiger partial charge >= 0.3 is 13.8 Å². The minimum absolute atomic E-state index is 0.0758. The summed E-state index contributed by atoms with van der Waals surface area (Å²) in [6.45, 7) is 5.51. The van der Waals surface area contributed by atoms with E-state index < -0.39 is 13.9 Å². The van der Waals surface area contributed by atoms with Gasteiger partial charge in [0.1, 0.15) is 19.3 Å². The van der Waals surface area contributed by atoms with Crippen molar-refractivity contribution in [3.8, 4) is 0 Å². The zero-order valence-corrected chi connectivity index (χ0v) is 38.5. The molecule has 0 radical (unpaired) electrons. The van der Waals surface area contributed by atoms with Crippen LogP contribution in [0.3, 0.4) is 0 Å². The van der Waals surface area contributed by atoms with Gasteiger partial charge in [0.2, 0.25) is 0 Å². The molecule has 2 atom stereocenters. The molecule has 8 nitrogen and oxygen atoms in total. The van der Waals surface area contributed by atoms with E-state index in [1.165, 1.54) is 116 Å². The smallest absolute Gasteiger partial charge is 0.457 e. The first kappa shape index (κ1) is 55.2. The molecule has 1 N–H and O–H groups in total. The summed E-state index contributed by atoms with van der Waals surface area (Å²) in [5.41, 5.74) is 0. The lowest BCUT2D eigenvalue weighted by Crippen LogP contribution is -2.37. The number of phosphoric ester groups is 1. The number of phosphoric acid groups is 1. The Morgan fingerprint density at radius 2 is 0.965 bits per heavy atom. The monoisotopic (exact) mass is 823 g/mol.